The quantitative estimate of drug-likeness (QED) is 0.781. The Morgan fingerprint density at radius 3 is 2.39 bits per heavy atom. The summed E-state index contributed by atoms with van der Waals surface area (Å²) in [6.07, 6.45) is 0. The second-order valence-electron chi connectivity index (χ2n) is 5.43. The molecule has 4 nitrogen and oxygen atoms in total. The number of aromatic nitrogens is 2. The molecule has 0 aliphatic carbocycles. The lowest BCUT2D eigenvalue weighted by molar-refractivity contribution is 0.626. The zero-order valence-electron chi connectivity index (χ0n) is 12.6. The lowest BCUT2D eigenvalue weighted by Gasteiger charge is -2.12. The standard InChI is InChI=1S/C18H16FN3O/c1-11-2-4-12(5-3-11)16-10-15(18(23)22-21-16)17(20)13-6-8-14(19)9-7-13/h2-10,17H,20H2,1H3,(H,22,23). The summed E-state index contributed by atoms with van der Waals surface area (Å²) in [5.74, 6) is -0.343. The molecular weight excluding hydrogens is 293 g/mol. The summed E-state index contributed by atoms with van der Waals surface area (Å²) < 4.78 is 13.0. The van der Waals surface area contributed by atoms with E-state index in [1.165, 1.54) is 12.1 Å². The van der Waals surface area contributed by atoms with E-state index in [0.29, 0.717) is 16.8 Å². The number of aromatic amines is 1. The molecule has 1 unspecified atom stereocenters. The van der Waals surface area contributed by atoms with Crippen LogP contribution in [0, 0.1) is 12.7 Å². The van der Waals surface area contributed by atoms with E-state index in [0.717, 1.165) is 11.1 Å². The summed E-state index contributed by atoms with van der Waals surface area (Å²) in [6, 6.07) is 14.6. The predicted molar refractivity (Wildman–Crippen MR) is 87.5 cm³/mol. The van der Waals surface area contributed by atoms with Gasteiger partial charge in [-0.3, -0.25) is 4.79 Å². The van der Waals surface area contributed by atoms with Crippen LogP contribution in [0.2, 0.25) is 0 Å². The molecule has 3 aromatic rings. The Morgan fingerprint density at radius 1 is 1.09 bits per heavy atom. The van der Waals surface area contributed by atoms with Crippen LogP contribution in [-0.4, -0.2) is 10.2 Å². The molecule has 0 saturated carbocycles. The Morgan fingerprint density at radius 2 is 1.74 bits per heavy atom. The van der Waals surface area contributed by atoms with E-state index in [2.05, 4.69) is 10.2 Å². The number of H-pyrrole nitrogens is 1. The van der Waals surface area contributed by atoms with Crippen LogP contribution >= 0.6 is 0 Å². The van der Waals surface area contributed by atoms with Gasteiger partial charge in [0.05, 0.1) is 11.7 Å². The van der Waals surface area contributed by atoms with Crippen LogP contribution in [0.3, 0.4) is 0 Å². The van der Waals surface area contributed by atoms with Crippen molar-refractivity contribution in [2.45, 2.75) is 13.0 Å². The van der Waals surface area contributed by atoms with E-state index >= 15 is 0 Å². The van der Waals surface area contributed by atoms with Crippen molar-refractivity contribution in [1.82, 2.24) is 10.2 Å². The van der Waals surface area contributed by atoms with Crippen LogP contribution in [0.4, 0.5) is 4.39 Å². The molecule has 23 heavy (non-hydrogen) atoms. The fraction of sp³-hybridized carbons (Fsp3) is 0.111. The molecule has 0 saturated heterocycles. The average Bonchev–Trinajstić information content (AvgIpc) is 2.56. The van der Waals surface area contributed by atoms with Crippen molar-refractivity contribution in [1.29, 1.82) is 0 Å². The van der Waals surface area contributed by atoms with Crippen molar-refractivity contribution in [3.63, 3.8) is 0 Å². The van der Waals surface area contributed by atoms with Crippen LogP contribution in [0.5, 0.6) is 0 Å². The molecule has 0 fully saturated rings. The topological polar surface area (TPSA) is 71.8 Å². The monoisotopic (exact) mass is 309 g/mol. The van der Waals surface area contributed by atoms with Crippen molar-refractivity contribution >= 4 is 0 Å². The summed E-state index contributed by atoms with van der Waals surface area (Å²) in [5, 5.41) is 6.56. The lowest BCUT2D eigenvalue weighted by atomic mass is 9.99. The number of halogens is 1. The number of rotatable bonds is 3. The Bertz CT molecular complexity index is 870. The summed E-state index contributed by atoms with van der Waals surface area (Å²) in [7, 11) is 0. The van der Waals surface area contributed by atoms with Crippen molar-refractivity contribution in [3.8, 4) is 11.3 Å². The Labute approximate surface area is 132 Å². The highest BCUT2D eigenvalue weighted by Gasteiger charge is 2.15. The molecule has 116 valence electrons. The first kappa shape index (κ1) is 15.1. The molecule has 0 aliphatic heterocycles. The highest BCUT2D eigenvalue weighted by atomic mass is 19.1. The SMILES string of the molecule is Cc1ccc(-c2cc(C(N)c3ccc(F)cc3)c(=O)[nH]n2)cc1. The van der Waals surface area contributed by atoms with Crippen LogP contribution < -0.4 is 11.3 Å². The van der Waals surface area contributed by atoms with Gasteiger partial charge in [0, 0.05) is 11.1 Å². The molecule has 3 N–H and O–H groups in total. The van der Waals surface area contributed by atoms with Crippen molar-refractivity contribution in [2.75, 3.05) is 0 Å². The first-order valence-electron chi connectivity index (χ1n) is 7.22. The van der Waals surface area contributed by atoms with E-state index in [9.17, 15) is 9.18 Å². The second kappa shape index (κ2) is 6.14. The summed E-state index contributed by atoms with van der Waals surface area (Å²) >= 11 is 0. The van der Waals surface area contributed by atoms with E-state index in [1.54, 1.807) is 18.2 Å². The largest absolute Gasteiger partial charge is 0.320 e. The van der Waals surface area contributed by atoms with Crippen LogP contribution in [0.15, 0.2) is 59.4 Å². The molecule has 5 heteroatoms. The highest BCUT2D eigenvalue weighted by Crippen LogP contribution is 2.21. The third-order valence-electron chi connectivity index (χ3n) is 3.74. The molecule has 1 aromatic heterocycles. The Balaban J connectivity index is 2.02. The fourth-order valence-corrected chi connectivity index (χ4v) is 2.37. The molecule has 1 heterocycles. The third kappa shape index (κ3) is 3.19. The summed E-state index contributed by atoms with van der Waals surface area (Å²) in [6.45, 7) is 2.00. The van der Waals surface area contributed by atoms with Crippen molar-refractivity contribution < 1.29 is 4.39 Å². The number of aryl methyl sites for hydroxylation is 1. The predicted octanol–water partition coefficient (Wildman–Crippen LogP) is 2.93. The molecule has 3 rings (SSSR count). The van der Waals surface area contributed by atoms with Gasteiger partial charge in [0.1, 0.15) is 5.82 Å². The molecule has 0 bridgehead atoms. The van der Waals surface area contributed by atoms with Crippen LogP contribution in [0.25, 0.3) is 11.3 Å². The maximum atomic E-state index is 13.0. The number of nitrogens with zero attached hydrogens (tertiary/aromatic N) is 1. The van der Waals surface area contributed by atoms with Crippen molar-refractivity contribution in [2.24, 2.45) is 5.73 Å². The summed E-state index contributed by atoms with van der Waals surface area (Å²) in [5.41, 5.74) is 9.54. The molecule has 1 atom stereocenters. The number of hydrogen-bond donors (Lipinski definition) is 2. The minimum atomic E-state index is -0.647. The smallest absolute Gasteiger partial charge is 0.269 e. The molecule has 2 aromatic carbocycles. The maximum Gasteiger partial charge on any atom is 0.269 e. The Kier molecular flexibility index (Phi) is 4.04. The van der Waals surface area contributed by atoms with Gasteiger partial charge in [-0.2, -0.15) is 5.10 Å². The van der Waals surface area contributed by atoms with Gasteiger partial charge >= 0.3 is 0 Å². The normalized spacial score (nSPS) is 12.1. The van der Waals surface area contributed by atoms with Gasteiger partial charge in [0.25, 0.3) is 5.56 Å². The van der Waals surface area contributed by atoms with Gasteiger partial charge in [0.15, 0.2) is 0 Å². The molecule has 0 spiro atoms. The third-order valence-corrected chi connectivity index (χ3v) is 3.74. The molecule has 0 amide bonds. The van der Waals surface area contributed by atoms with E-state index in [-0.39, 0.29) is 11.4 Å². The van der Waals surface area contributed by atoms with Crippen molar-refractivity contribution in [3.05, 3.63) is 87.5 Å². The zero-order chi connectivity index (χ0) is 16.4. The maximum absolute atomic E-state index is 13.0. The highest BCUT2D eigenvalue weighted by molar-refractivity contribution is 5.59. The van der Waals surface area contributed by atoms with E-state index in [4.69, 9.17) is 5.73 Å². The van der Waals surface area contributed by atoms with Crippen LogP contribution in [-0.2, 0) is 0 Å². The fourth-order valence-electron chi connectivity index (χ4n) is 2.37. The first-order chi connectivity index (χ1) is 11.0. The lowest BCUT2D eigenvalue weighted by Crippen LogP contribution is -2.23. The van der Waals surface area contributed by atoms with Gasteiger partial charge in [0.2, 0.25) is 0 Å². The summed E-state index contributed by atoms with van der Waals surface area (Å²) in [4.78, 5) is 12.1. The van der Waals surface area contributed by atoms with E-state index < -0.39 is 6.04 Å². The van der Waals surface area contributed by atoms with E-state index in [1.807, 2.05) is 31.2 Å². The molecular formula is C18H16FN3O. The van der Waals surface area contributed by atoms with Crippen LogP contribution in [0.1, 0.15) is 22.7 Å². The molecule has 0 radical (unpaired) electrons. The van der Waals surface area contributed by atoms with Gasteiger partial charge in [-0.1, -0.05) is 42.0 Å². The van der Waals surface area contributed by atoms with Gasteiger partial charge in [-0.15, -0.1) is 0 Å². The Hall–Kier alpha value is -2.79. The molecule has 0 aliphatic rings. The second-order valence-corrected chi connectivity index (χ2v) is 5.43. The number of nitrogens with two attached hydrogens (primary N) is 1. The van der Waals surface area contributed by atoms with Gasteiger partial charge in [-0.05, 0) is 30.7 Å². The minimum absolute atomic E-state index is 0.343. The first-order valence-corrected chi connectivity index (χ1v) is 7.22. The number of hydrogen-bond acceptors (Lipinski definition) is 3. The van der Waals surface area contributed by atoms with Gasteiger partial charge < -0.3 is 5.73 Å². The number of benzene rings is 2. The zero-order valence-corrected chi connectivity index (χ0v) is 12.6. The minimum Gasteiger partial charge on any atom is -0.320 e. The average molecular weight is 309 g/mol. The van der Waals surface area contributed by atoms with Gasteiger partial charge in [-0.25, -0.2) is 9.49 Å². The number of nitrogens with one attached hydrogen (secondary N) is 1.